The molecule has 0 spiro atoms. The van der Waals surface area contributed by atoms with Crippen molar-refractivity contribution in [1.29, 1.82) is 0 Å². The average Bonchev–Trinajstić information content (AvgIpc) is 2.06. The van der Waals surface area contributed by atoms with Crippen LogP contribution in [0.15, 0.2) is 29.3 Å². The third-order valence-electron chi connectivity index (χ3n) is 1.66. The quantitative estimate of drug-likeness (QED) is 0.520. The monoisotopic (exact) mass is 148 g/mol. The fourth-order valence-corrected chi connectivity index (χ4v) is 1.11. The molecule has 0 bridgehead atoms. The van der Waals surface area contributed by atoms with Crippen molar-refractivity contribution in [3.63, 3.8) is 0 Å². The van der Waals surface area contributed by atoms with Gasteiger partial charge in [0.2, 0.25) is 0 Å². The van der Waals surface area contributed by atoms with Crippen LogP contribution in [0.4, 0.5) is 0 Å². The Morgan fingerprint density at radius 3 is 3.00 bits per heavy atom. The highest BCUT2D eigenvalue weighted by Crippen LogP contribution is 1.81. The molecule has 1 aromatic rings. The van der Waals surface area contributed by atoms with E-state index in [1.54, 1.807) is 0 Å². The molecule has 0 fully saturated rings. The Labute approximate surface area is 63.7 Å². The summed E-state index contributed by atoms with van der Waals surface area (Å²) in [5.41, 5.74) is 0. The lowest BCUT2D eigenvalue weighted by molar-refractivity contribution is 0.453. The molecule has 0 saturated carbocycles. The van der Waals surface area contributed by atoms with Crippen LogP contribution in [0.2, 0.25) is 0 Å². The van der Waals surface area contributed by atoms with E-state index in [-0.39, 0.29) is 5.88 Å². The Bertz CT molecular complexity index is 383. The highest BCUT2D eigenvalue weighted by atomic mass is 16.3. The molecule has 1 aliphatic rings. The van der Waals surface area contributed by atoms with Crippen LogP contribution >= 0.6 is 0 Å². The maximum atomic E-state index is 9.31. The van der Waals surface area contributed by atoms with Gasteiger partial charge in [0.05, 0.1) is 10.6 Å². The summed E-state index contributed by atoms with van der Waals surface area (Å²) < 4.78 is 0. The minimum Gasteiger partial charge on any atom is -0.494 e. The van der Waals surface area contributed by atoms with E-state index in [1.807, 2.05) is 24.3 Å². The Morgan fingerprint density at radius 1 is 1.36 bits per heavy atom. The summed E-state index contributed by atoms with van der Waals surface area (Å²) in [5.74, 6) is 0.218. The lowest BCUT2D eigenvalue weighted by Gasteiger charge is -2.05. The van der Waals surface area contributed by atoms with Crippen LogP contribution < -0.4 is 15.9 Å². The van der Waals surface area contributed by atoms with E-state index in [2.05, 4.69) is 10.3 Å². The van der Waals surface area contributed by atoms with E-state index in [9.17, 15) is 5.11 Å². The van der Waals surface area contributed by atoms with Crippen LogP contribution in [-0.4, -0.2) is 11.8 Å². The minimum atomic E-state index is 0.218. The highest BCUT2D eigenvalue weighted by Gasteiger charge is 1.98. The van der Waals surface area contributed by atoms with Crippen LogP contribution in [0.1, 0.15) is 0 Å². The summed E-state index contributed by atoms with van der Waals surface area (Å²) in [5, 5.41) is 13.7. The molecule has 0 atom stereocenters. The van der Waals surface area contributed by atoms with Gasteiger partial charge in [0.1, 0.15) is 6.67 Å². The number of hydrogen-bond donors (Lipinski definition) is 2. The summed E-state index contributed by atoms with van der Waals surface area (Å²) in [7, 11) is 0. The number of nitrogens with one attached hydrogen (secondary N) is 1. The number of fused-ring (bicyclic) bond motifs is 1. The maximum absolute atomic E-state index is 9.31. The van der Waals surface area contributed by atoms with Crippen LogP contribution in [0.3, 0.4) is 0 Å². The summed E-state index contributed by atoms with van der Waals surface area (Å²) in [6.07, 6.45) is 0. The molecule has 2 rings (SSSR count). The predicted octanol–water partition coefficient (Wildman–Crippen LogP) is -0.509. The molecule has 3 nitrogen and oxygen atoms in total. The van der Waals surface area contributed by atoms with E-state index in [0.717, 1.165) is 10.6 Å². The summed E-state index contributed by atoms with van der Waals surface area (Å²) in [6, 6.07) is 7.49. The normalized spacial score (nSPS) is 14.7. The largest absolute Gasteiger partial charge is 0.494 e. The van der Waals surface area contributed by atoms with E-state index < -0.39 is 0 Å². The molecule has 0 radical (unpaired) electrons. The van der Waals surface area contributed by atoms with E-state index in [4.69, 9.17) is 0 Å². The number of benzene rings is 1. The Hall–Kier alpha value is -1.51. The lowest BCUT2D eigenvalue weighted by Crippen LogP contribution is -2.37. The molecular formula is C8H8N2O. The van der Waals surface area contributed by atoms with Crippen LogP contribution in [0, 0.1) is 0 Å². The van der Waals surface area contributed by atoms with Gasteiger partial charge in [-0.25, -0.2) is 0 Å². The predicted molar refractivity (Wildman–Crippen MR) is 41.3 cm³/mol. The molecule has 56 valence electrons. The number of aliphatic hydroxyl groups is 1. The first-order valence-electron chi connectivity index (χ1n) is 3.44. The number of nitrogens with zero attached hydrogens (tertiary/aromatic N) is 1. The maximum Gasteiger partial charge on any atom is 0.195 e. The highest BCUT2D eigenvalue weighted by molar-refractivity contribution is 5.32. The number of hydrogen-bond acceptors (Lipinski definition) is 3. The third kappa shape index (κ3) is 0.941. The molecule has 1 aliphatic heterocycles. The van der Waals surface area contributed by atoms with Crippen LogP contribution in [0.5, 0.6) is 0 Å². The zero-order valence-corrected chi connectivity index (χ0v) is 5.91. The Balaban J connectivity index is 2.89. The fraction of sp³-hybridized carbons (Fsp3) is 0.125. The average molecular weight is 148 g/mol. The molecule has 11 heavy (non-hydrogen) atoms. The Morgan fingerprint density at radius 2 is 2.18 bits per heavy atom. The number of para-hydroxylation sites is 1. The molecule has 0 aliphatic carbocycles. The van der Waals surface area contributed by atoms with Crippen molar-refractivity contribution < 1.29 is 5.11 Å². The third-order valence-corrected chi connectivity index (χ3v) is 1.66. The second kappa shape index (κ2) is 2.27. The molecular weight excluding hydrogens is 140 g/mol. The second-order valence-electron chi connectivity index (χ2n) is 2.36. The van der Waals surface area contributed by atoms with E-state index in [0.29, 0.717) is 6.67 Å². The van der Waals surface area contributed by atoms with Crippen molar-refractivity contribution in [2.24, 2.45) is 4.99 Å². The van der Waals surface area contributed by atoms with Gasteiger partial charge < -0.3 is 10.4 Å². The van der Waals surface area contributed by atoms with Gasteiger partial charge in [-0.05, 0) is 12.1 Å². The summed E-state index contributed by atoms with van der Waals surface area (Å²) in [4.78, 5) is 4.15. The van der Waals surface area contributed by atoms with Gasteiger partial charge >= 0.3 is 0 Å². The topological polar surface area (TPSA) is 44.6 Å². The van der Waals surface area contributed by atoms with Crippen LogP contribution in [0.25, 0.3) is 5.88 Å². The van der Waals surface area contributed by atoms with Crippen molar-refractivity contribution >= 4 is 5.88 Å². The lowest BCUT2D eigenvalue weighted by atomic mass is 10.3. The molecule has 0 amide bonds. The standard InChI is InChI=1S/C8H8N2O/c11-8-6-3-1-2-4-7(6)9-5-10-8/h1-4,10-11H,5H2. The number of aliphatic hydroxyl groups excluding tert-OH is 1. The molecule has 1 aromatic carbocycles. The Kier molecular flexibility index (Phi) is 1.28. The van der Waals surface area contributed by atoms with E-state index in [1.165, 1.54) is 0 Å². The van der Waals surface area contributed by atoms with Gasteiger partial charge in [0.15, 0.2) is 5.88 Å². The molecule has 0 unspecified atom stereocenters. The zero-order chi connectivity index (χ0) is 7.68. The SMILES string of the molecule is OC1=c2ccccc2=NCN1. The van der Waals surface area contributed by atoms with Gasteiger partial charge in [-0.2, -0.15) is 0 Å². The van der Waals surface area contributed by atoms with Gasteiger partial charge in [0.25, 0.3) is 0 Å². The summed E-state index contributed by atoms with van der Waals surface area (Å²) >= 11 is 0. The van der Waals surface area contributed by atoms with E-state index >= 15 is 0 Å². The smallest absolute Gasteiger partial charge is 0.195 e. The second-order valence-corrected chi connectivity index (χ2v) is 2.36. The minimum absolute atomic E-state index is 0.218. The first-order valence-corrected chi connectivity index (χ1v) is 3.44. The molecule has 0 saturated heterocycles. The van der Waals surface area contributed by atoms with Gasteiger partial charge in [-0.1, -0.05) is 12.1 Å². The number of rotatable bonds is 0. The summed E-state index contributed by atoms with van der Waals surface area (Å²) in [6.45, 7) is 0.461. The molecule has 3 heteroatoms. The first-order chi connectivity index (χ1) is 5.38. The van der Waals surface area contributed by atoms with Gasteiger partial charge in [0, 0.05) is 0 Å². The fourth-order valence-electron chi connectivity index (χ4n) is 1.11. The van der Waals surface area contributed by atoms with Crippen molar-refractivity contribution in [2.45, 2.75) is 0 Å². The van der Waals surface area contributed by atoms with Crippen LogP contribution in [-0.2, 0) is 0 Å². The molecule has 2 N–H and O–H groups in total. The van der Waals surface area contributed by atoms with Crippen molar-refractivity contribution in [3.05, 3.63) is 34.8 Å². The molecule has 0 aromatic heterocycles. The van der Waals surface area contributed by atoms with Crippen molar-refractivity contribution in [3.8, 4) is 0 Å². The zero-order valence-electron chi connectivity index (χ0n) is 5.91. The van der Waals surface area contributed by atoms with Gasteiger partial charge in [-0.15, -0.1) is 0 Å². The van der Waals surface area contributed by atoms with Crippen molar-refractivity contribution in [1.82, 2.24) is 5.32 Å². The first kappa shape index (κ1) is 6.22. The van der Waals surface area contributed by atoms with Crippen molar-refractivity contribution in [2.75, 3.05) is 6.67 Å². The van der Waals surface area contributed by atoms with Gasteiger partial charge in [-0.3, -0.25) is 4.99 Å². The molecule has 1 heterocycles.